The Balaban J connectivity index is 2.45. The molecule has 0 aliphatic heterocycles. The van der Waals surface area contributed by atoms with Crippen LogP contribution in [0.4, 0.5) is 5.69 Å². The van der Waals surface area contributed by atoms with Gasteiger partial charge in [-0.1, -0.05) is 12.1 Å². The van der Waals surface area contributed by atoms with E-state index in [4.69, 9.17) is 4.42 Å². The predicted octanol–water partition coefficient (Wildman–Crippen LogP) is 2.58. The van der Waals surface area contributed by atoms with Crippen LogP contribution in [0, 0.1) is 0 Å². The van der Waals surface area contributed by atoms with Crippen molar-refractivity contribution >= 4 is 5.69 Å². The lowest BCUT2D eigenvalue weighted by molar-refractivity contribution is 0.568. The van der Waals surface area contributed by atoms with Crippen LogP contribution < -0.4 is 4.90 Å². The highest BCUT2D eigenvalue weighted by Crippen LogP contribution is 2.28. The first-order chi connectivity index (χ1) is 7.86. The van der Waals surface area contributed by atoms with Crippen molar-refractivity contribution < 1.29 is 4.42 Å². The van der Waals surface area contributed by atoms with Crippen molar-refractivity contribution in [1.29, 1.82) is 0 Å². The Morgan fingerprint density at radius 2 is 1.94 bits per heavy atom. The molecule has 0 aliphatic carbocycles. The average Bonchev–Trinajstić information content (AvgIpc) is 2.85. The van der Waals surface area contributed by atoms with E-state index >= 15 is 0 Å². The summed E-state index contributed by atoms with van der Waals surface area (Å²) in [5.74, 6) is 0.572. The van der Waals surface area contributed by atoms with E-state index in [1.54, 1.807) is 0 Å². The van der Waals surface area contributed by atoms with E-state index < -0.39 is 0 Å². The minimum Gasteiger partial charge on any atom is -0.423 e. The minimum atomic E-state index is 0.572. The van der Waals surface area contributed by atoms with Gasteiger partial charge in [0.15, 0.2) is 0 Å². The fourth-order valence-electron chi connectivity index (χ4n) is 1.78. The number of hydrogen-bond donors (Lipinski definition) is 0. The first-order valence-corrected chi connectivity index (χ1v) is 5.47. The zero-order valence-corrected chi connectivity index (χ0v) is 9.55. The average molecular weight is 217 g/mol. The molecule has 16 heavy (non-hydrogen) atoms. The summed E-state index contributed by atoms with van der Waals surface area (Å²) in [5, 5.41) is 7.67. The van der Waals surface area contributed by atoms with Gasteiger partial charge >= 0.3 is 0 Å². The molecule has 2 aromatic rings. The van der Waals surface area contributed by atoms with Crippen molar-refractivity contribution in [3.05, 3.63) is 30.7 Å². The maximum absolute atomic E-state index is 5.25. The predicted molar refractivity (Wildman–Crippen MR) is 63.3 cm³/mol. The van der Waals surface area contributed by atoms with Gasteiger partial charge in [0.25, 0.3) is 0 Å². The summed E-state index contributed by atoms with van der Waals surface area (Å²) in [7, 11) is 0. The number of benzene rings is 1. The van der Waals surface area contributed by atoms with Crippen LogP contribution in [-0.2, 0) is 0 Å². The number of rotatable bonds is 4. The molecule has 0 saturated heterocycles. The summed E-state index contributed by atoms with van der Waals surface area (Å²) in [6.07, 6.45) is 1.36. The molecule has 1 aromatic heterocycles. The van der Waals surface area contributed by atoms with Crippen LogP contribution in [0.2, 0.25) is 0 Å². The molecule has 0 spiro atoms. The maximum atomic E-state index is 5.25. The topological polar surface area (TPSA) is 42.2 Å². The van der Waals surface area contributed by atoms with Crippen molar-refractivity contribution in [3.8, 4) is 11.5 Å². The molecule has 4 nitrogen and oxygen atoms in total. The minimum absolute atomic E-state index is 0.572. The number of hydrogen-bond acceptors (Lipinski definition) is 4. The van der Waals surface area contributed by atoms with E-state index in [0.29, 0.717) is 5.89 Å². The third-order valence-corrected chi connectivity index (χ3v) is 2.60. The van der Waals surface area contributed by atoms with Crippen molar-refractivity contribution in [1.82, 2.24) is 10.2 Å². The summed E-state index contributed by atoms with van der Waals surface area (Å²) < 4.78 is 5.25. The third-order valence-electron chi connectivity index (χ3n) is 2.60. The molecule has 0 atom stereocenters. The summed E-state index contributed by atoms with van der Waals surface area (Å²) >= 11 is 0. The molecule has 0 bridgehead atoms. The molecule has 84 valence electrons. The second-order valence-electron chi connectivity index (χ2n) is 3.43. The van der Waals surface area contributed by atoms with E-state index in [1.165, 1.54) is 6.39 Å². The molecule has 1 aromatic carbocycles. The van der Waals surface area contributed by atoms with E-state index in [2.05, 4.69) is 35.0 Å². The van der Waals surface area contributed by atoms with E-state index in [1.807, 2.05) is 18.2 Å². The molecular weight excluding hydrogens is 202 g/mol. The van der Waals surface area contributed by atoms with Gasteiger partial charge in [0.2, 0.25) is 12.3 Å². The molecule has 0 N–H and O–H groups in total. The standard InChI is InChI=1S/C12H15N3O/c1-3-15(4-2)11-8-6-5-7-10(11)12-14-13-9-16-12/h5-9H,3-4H2,1-2H3. The lowest BCUT2D eigenvalue weighted by Crippen LogP contribution is -2.22. The molecule has 0 radical (unpaired) electrons. The van der Waals surface area contributed by atoms with Crippen LogP contribution in [0.3, 0.4) is 0 Å². The van der Waals surface area contributed by atoms with Gasteiger partial charge in [0.05, 0.1) is 5.56 Å². The first-order valence-electron chi connectivity index (χ1n) is 5.47. The van der Waals surface area contributed by atoms with Gasteiger partial charge in [-0.05, 0) is 26.0 Å². The third kappa shape index (κ3) is 1.91. The molecular formula is C12H15N3O. The van der Waals surface area contributed by atoms with Crippen LogP contribution in [0.1, 0.15) is 13.8 Å². The van der Waals surface area contributed by atoms with Crippen LogP contribution in [0.5, 0.6) is 0 Å². The Hall–Kier alpha value is -1.84. The maximum Gasteiger partial charge on any atom is 0.249 e. The Morgan fingerprint density at radius 1 is 1.19 bits per heavy atom. The summed E-state index contributed by atoms with van der Waals surface area (Å²) in [6.45, 7) is 6.19. The molecule has 2 rings (SSSR count). The fourth-order valence-corrected chi connectivity index (χ4v) is 1.78. The Labute approximate surface area is 94.9 Å². The molecule has 0 unspecified atom stereocenters. The number of nitrogens with zero attached hydrogens (tertiary/aromatic N) is 3. The first kappa shape index (κ1) is 10.7. The lowest BCUT2D eigenvalue weighted by Gasteiger charge is -2.22. The van der Waals surface area contributed by atoms with E-state index in [0.717, 1.165) is 24.3 Å². The highest BCUT2D eigenvalue weighted by atomic mass is 16.4. The van der Waals surface area contributed by atoms with Crippen molar-refractivity contribution in [2.24, 2.45) is 0 Å². The van der Waals surface area contributed by atoms with Crippen molar-refractivity contribution in [3.63, 3.8) is 0 Å². The Bertz CT molecular complexity index is 435. The summed E-state index contributed by atoms with van der Waals surface area (Å²) in [5.41, 5.74) is 2.13. The number of aromatic nitrogens is 2. The van der Waals surface area contributed by atoms with Crippen molar-refractivity contribution in [2.75, 3.05) is 18.0 Å². The zero-order chi connectivity index (χ0) is 11.4. The smallest absolute Gasteiger partial charge is 0.249 e. The van der Waals surface area contributed by atoms with Gasteiger partial charge in [0, 0.05) is 18.8 Å². The lowest BCUT2D eigenvalue weighted by atomic mass is 10.1. The van der Waals surface area contributed by atoms with E-state index in [-0.39, 0.29) is 0 Å². The van der Waals surface area contributed by atoms with Crippen LogP contribution in [-0.4, -0.2) is 23.3 Å². The summed E-state index contributed by atoms with van der Waals surface area (Å²) in [4.78, 5) is 2.26. The fraction of sp³-hybridized carbons (Fsp3) is 0.333. The van der Waals surface area contributed by atoms with Gasteiger partial charge in [-0.3, -0.25) is 0 Å². The van der Waals surface area contributed by atoms with Gasteiger partial charge < -0.3 is 9.32 Å². The zero-order valence-electron chi connectivity index (χ0n) is 9.55. The molecule has 0 saturated carbocycles. The van der Waals surface area contributed by atoms with Crippen LogP contribution in [0.25, 0.3) is 11.5 Å². The summed E-state index contributed by atoms with van der Waals surface area (Å²) in [6, 6.07) is 8.08. The monoisotopic (exact) mass is 217 g/mol. The Kier molecular flexibility index (Phi) is 3.19. The SMILES string of the molecule is CCN(CC)c1ccccc1-c1nnco1. The van der Waals surface area contributed by atoms with Crippen LogP contribution >= 0.6 is 0 Å². The van der Waals surface area contributed by atoms with Gasteiger partial charge in [0.1, 0.15) is 0 Å². The number of para-hydroxylation sites is 1. The Morgan fingerprint density at radius 3 is 2.56 bits per heavy atom. The van der Waals surface area contributed by atoms with Gasteiger partial charge in [-0.25, -0.2) is 0 Å². The number of anilines is 1. The van der Waals surface area contributed by atoms with Crippen LogP contribution in [0.15, 0.2) is 35.1 Å². The highest BCUT2D eigenvalue weighted by molar-refractivity contribution is 5.73. The molecule has 0 amide bonds. The molecule has 4 heteroatoms. The quantitative estimate of drug-likeness (QED) is 0.789. The van der Waals surface area contributed by atoms with Crippen molar-refractivity contribution in [2.45, 2.75) is 13.8 Å². The molecule has 0 aliphatic rings. The largest absolute Gasteiger partial charge is 0.423 e. The highest BCUT2D eigenvalue weighted by Gasteiger charge is 2.12. The van der Waals surface area contributed by atoms with E-state index in [9.17, 15) is 0 Å². The molecule has 0 fully saturated rings. The van der Waals surface area contributed by atoms with Gasteiger partial charge in [-0.15, -0.1) is 10.2 Å². The second-order valence-corrected chi connectivity index (χ2v) is 3.43. The second kappa shape index (κ2) is 4.79. The normalized spacial score (nSPS) is 10.4. The molecule has 1 heterocycles. The van der Waals surface area contributed by atoms with Gasteiger partial charge in [-0.2, -0.15) is 0 Å².